The third kappa shape index (κ3) is 3.61. The van der Waals surface area contributed by atoms with Crippen molar-refractivity contribution < 1.29 is 9.72 Å². The molecule has 0 atom stereocenters. The monoisotopic (exact) mass is 358 g/mol. The van der Waals surface area contributed by atoms with Crippen LogP contribution in [-0.2, 0) is 11.2 Å². The molecule has 3 aromatic rings. The zero-order valence-electron chi connectivity index (χ0n) is 13.4. The van der Waals surface area contributed by atoms with Crippen LogP contribution in [0.2, 0.25) is 5.02 Å². The van der Waals surface area contributed by atoms with E-state index in [0.717, 1.165) is 17.0 Å². The summed E-state index contributed by atoms with van der Waals surface area (Å²) < 4.78 is 1.94. The second-order valence-corrected chi connectivity index (χ2v) is 5.98. The van der Waals surface area contributed by atoms with Gasteiger partial charge in [-0.3, -0.25) is 14.9 Å². The predicted octanol–water partition coefficient (Wildman–Crippen LogP) is 3.78. The van der Waals surface area contributed by atoms with Gasteiger partial charge in [-0.15, -0.1) is 0 Å². The first-order valence-corrected chi connectivity index (χ1v) is 8.00. The number of carbonyl (C=O) groups is 1. The van der Waals surface area contributed by atoms with Crippen LogP contribution >= 0.6 is 11.6 Å². The molecule has 7 nitrogen and oxygen atoms in total. The third-order valence-electron chi connectivity index (χ3n) is 3.85. The van der Waals surface area contributed by atoms with Crippen molar-refractivity contribution >= 4 is 34.5 Å². The molecule has 0 saturated carbocycles. The van der Waals surface area contributed by atoms with Crippen molar-refractivity contribution in [2.75, 3.05) is 5.32 Å². The molecule has 128 valence electrons. The zero-order valence-corrected chi connectivity index (χ0v) is 14.2. The van der Waals surface area contributed by atoms with E-state index in [2.05, 4.69) is 10.3 Å². The molecule has 0 aliphatic carbocycles. The molecule has 0 saturated heterocycles. The van der Waals surface area contributed by atoms with Gasteiger partial charge < -0.3 is 9.72 Å². The number of nitrogens with zero attached hydrogens (tertiary/aromatic N) is 3. The second-order valence-electron chi connectivity index (χ2n) is 5.54. The van der Waals surface area contributed by atoms with Crippen LogP contribution in [0.15, 0.2) is 42.6 Å². The van der Waals surface area contributed by atoms with E-state index in [1.165, 1.54) is 18.2 Å². The Morgan fingerprint density at radius 3 is 2.92 bits per heavy atom. The molecule has 1 amide bonds. The molecule has 1 N–H and O–H groups in total. The zero-order chi connectivity index (χ0) is 18.0. The van der Waals surface area contributed by atoms with Crippen molar-refractivity contribution in [3.8, 4) is 0 Å². The summed E-state index contributed by atoms with van der Waals surface area (Å²) in [4.78, 5) is 27.2. The number of aromatic nitrogens is 2. The van der Waals surface area contributed by atoms with E-state index in [9.17, 15) is 14.9 Å². The number of rotatable bonds is 5. The summed E-state index contributed by atoms with van der Waals surface area (Å²) in [5, 5.41) is 13.9. The summed E-state index contributed by atoms with van der Waals surface area (Å²) in [6.45, 7) is 1.89. The molecule has 2 aromatic heterocycles. The maximum atomic E-state index is 12.2. The van der Waals surface area contributed by atoms with Gasteiger partial charge in [-0.1, -0.05) is 17.7 Å². The summed E-state index contributed by atoms with van der Waals surface area (Å²) in [7, 11) is 0. The van der Waals surface area contributed by atoms with Gasteiger partial charge in [0.15, 0.2) is 0 Å². The highest BCUT2D eigenvalue weighted by Gasteiger charge is 2.17. The van der Waals surface area contributed by atoms with Crippen molar-refractivity contribution in [1.29, 1.82) is 0 Å². The van der Waals surface area contributed by atoms with E-state index >= 15 is 0 Å². The molecule has 0 bridgehead atoms. The van der Waals surface area contributed by atoms with E-state index in [4.69, 9.17) is 11.6 Å². The highest BCUT2D eigenvalue weighted by molar-refractivity contribution is 6.31. The molecule has 0 spiro atoms. The minimum atomic E-state index is -0.573. The van der Waals surface area contributed by atoms with Gasteiger partial charge >= 0.3 is 0 Å². The smallest absolute Gasteiger partial charge is 0.294 e. The van der Waals surface area contributed by atoms with Gasteiger partial charge in [0.1, 0.15) is 11.3 Å². The first kappa shape index (κ1) is 16.9. The van der Waals surface area contributed by atoms with E-state index in [0.29, 0.717) is 6.42 Å². The molecule has 0 aliphatic rings. The lowest BCUT2D eigenvalue weighted by atomic mass is 10.2. The number of nitrogens with one attached hydrogen (secondary N) is 1. The van der Waals surface area contributed by atoms with Gasteiger partial charge in [-0.25, -0.2) is 4.98 Å². The van der Waals surface area contributed by atoms with Crippen molar-refractivity contribution in [3.63, 3.8) is 0 Å². The number of benzene rings is 1. The topological polar surface area (TPSA) is 89.5 Å². The Morgan fingerprint density at radius 1 is 1.36 bits per heavy atom. The highest BCUT2D eigenvalue weighted by Crippen LogP contribution is 2.28. The van der Waals surface area contributed by atoms with Crippen molar-refractivity contribution in [1.82, 2.24) is 9.38 Å². The molecule has 25 heavy (non-hydrogen) atoms. The number of hydrogen-bond donors (Lipinski definition) is 1. The first-order valence-electron chi connectivity index (χ1n) is 7.62. The minimum absolute atomic E-state index is 0.134. The number of fused-ring (bicyclic) bond motifs is 1. The maximum Gasteiger partial charge on any atom is 0.294 e. The lowest BCUT2D eigenvalue weighted by molar-refractivity contribution is -0.383. The fraction of sp³-hybridized carbons (Fsp3) is 0.176. The molecule has 8 heteroatoms. The summed E-state index contributed by atoms with van der Waals surface area (Å²) in [5.41, 5.74) is 2.53. The molecule has 1 aromatic carbocycles. The quantitative estimate of drug-likeness (QED) is 0.555. The Labute approximate surface area is 148 Å². The van der Waals surface area contributed by atoms with Crippen LogP contribution < -0.4 is 5.32 Å². The molecule has 0 unspecified atom stereocenters. The molecule has 0 radical (unpaired) electrons. The fourth-order valence-electron chi connectivity index (χ4n) is 2.67. The Hall–Kier alpha value is -2.93. The average molecular weight is 359 g/mol. The molecule has 3 rings (SSSR count). The summed E-state index contributed by atoms with van der Waals surface area (Å²) in [6.07, 6.45) is 2.56. The van der Waals surface area contributed by atoms with Crippen LogP contribution in [0.1, 0.15) is 17.8 Å². The number of imidazole rings is 1. The number of nitro groups is 1. The van der Waals surface area contributed by atoms with Crippen LogP contribution in [0.25, 0.3) is 5.65 Å². The molecular weight excluding hydrogens is 344 g/mol. The SMILES string of the molecule is Cc1nc2ccccn2c1CCC(=O)Nc1ccc(Cl)cc1[N+](=O)[O-]. The Balaban J connectivity index is 1.73. The second kappa shape index (κ2) is 6.90. The first-order chi connectivity index (χ1) is 12.0. The van der Waals surface area contributed by atoms with Gasteiger partial charge in [-0.05, 0) is 37.6 Å². The fourth-order valence-corrected chi connectivity index (χ4v) is 2.84. The van der Waals surface area contributed by atoms with Crippen molar-refractivity contribution in [2.24, 2.45) is 0 Å². The van der Waals surface area contributed by atoms with Crippen LogP contribution in [0.4, 0.5) is 11.4 Å². The number of carbonyl (C=O) groups excluding carboxylic acids is 1. The van der Waals surface area contributed by atoms with Crippen LogP contribution in [0.3, 0.4) is 0 Å². The van der Waals surface area contributed by atoms with Gasteiger partial charge in [0, 0.05) is 29.4 Å². The minimum Gasteiger partial charge on any atom is -0.320 e. The molecular formula is C17H15ClN4O3. The van der Waals surface area contributed by atoms with Gasteiger partial charge in [0.25, 0.3) is 5.69 Å². The van der Waals surface area contributed by atoms with E-state index < -0.39 is 4.92 Å². The number of halogens is 1. The number of aryl methyl sites for hydroxylation is 2. The van der Waals surface area contributed by atoms with E-state index in [1.54, 1.807) is 0 Å². The Bertz CT molecular complexity index is 968. The van der Waals surface area contributed by atoms with E-state index in [1.807, 2.05) is 35.7 Å². The van der Waals surface area contributed by atoms with Crippen LogP contribution in [-0.4, -0.2) is 20.2 Å². The lowest BCUT2D eigenvalue weighted by Crippen LogP contribution is -2.14. The Kier molecular flexibility index (Phi) is 4.67. The normalized spacial score (nSPS) is 10.8. The lowest BCUT2D eigenvalue weighted by Gasteiger charge is -2.07. The van der Waals surface area contributed by atoms with Crippen LogP contribution in [0.5, 0.6) is 0 Å². The number of hydrogen-bond acceptors (Lipinski definition) is 4. The van der Waals surface area contributed by atoms with E-state index in [-0.39, 0.29) is 28.7 Å². The Morgan fingerprint density at radius 2 is 2.16 bits per heavy atom. The number of amides is 1. The largest absolute Gasteiger partial charge is 0.320 e. The summed E-state index contributed by atoms with van der Waals surface area (Å²) >= 11 is 5.77. The number of nitro benzene ring substituents is 1. The standard InChI is InChI=1S/C17H15ClN4O3/c1-11-14(21-9-3-2-4-16(21)19-11)7-8-17(23)20-13-6-5-12(18)10-15(13)22(24)25/h2-6,9-10H,7-8H2,1H3,(H,20,23). The van der Waals surface area contributed by atoms with Crippen LogP contribution in [0, 0.1) is 17.0 Å². The molecule has 2 heterocycles. The predicted molar refractivity (Wildman–Crippen MR) is 95.0 cm³/mol. The maximum absolute atomic E-state index is 12.2. The average Bonchev–Trinajstić information content (AvgIpc) is 2.89. The summed E-state index contributed by atoms with van der Waals surface area (Å²) in [6, 6.07) is 9.84. The van der Waals surface area contributed by atoms with Crippen molar-refractivity contribution in [2.45, 2.75) is 19.8 Å². The molecule has 0 aliphatic heterocycles. The summed E-state index contributed by atoms with van der Waals surface area (Å²) in [5.74, 6) is -0.310. The van der Waals surface area contributed by atoms with Gasteiger partial charge in [0.05, 0.1) is 10.6 Å². The molecule has 0 fully saturated rings. The van der Waals surface area contributed by atoms with Gasteiger partial charge in [-0.2, -0.15) is 0 Å². The number of pyridine rings is 1. The third-order valence-corrected chi connectivity index (χ3v) is 4.08. The van der Waals surface area contributed by atoms with Gasteiger partial charge in [0.2, 0.25) is 5.91 Å². The number of anilines is 1. The highest BCUT2D eigenvalue weighted by atomic mass is 35.5. The van der Waals surface area contributed by atoms with Crippen molar-refractivity contribution in [3.05, 3.63) is 69.1 Å².